The van der Waals surface area contributed by atoms with Gasteiger partial charge in [-0.25, -0.2) is 0 Å². The minimum Gasteiger partial charge on any atom is -0.169 e. The molecule has 6 heteroatoms. The number of halogens is 5. The molecule has 1 atom stereocenters. The van der Waals surface area contributed by atoms with Crippen LogP contribution in [0, 0.1) is 0 Å². The van der Waals surface area contributed by atoms with E-state index in [4.69, 9.17) is 23.2 Å². The standard InChI is InChI=1S/C6H3Cl2F3S/c7-4-2-1-3(12-4)5(8)6(9,10)11/h1-2,5H. The van der Waals surface area contributed by atoms with E-state index in [1.54, 1.807) is 0 Å². The third kappa shape index (κ3) is 2.28. The van der Waals surface area contributed by atoms with E-state index in [1.807, 2.05) is 0 Å². The Bertz CT molecular complexity index is 268. The zero-order chi connectivity index (χ0) is 9.35. The quantitative estimate of drug-likeness (QED) is 0.638. The maximum Gasteiger partial charge on any atom is 0.409 e. The Balaban J connectivity index is 2.85. The summed E-state index contributed by atoms with van der Waals surface area (Å²) in [5, 5.41) is -1.95. The third-order valence-corrected chi connectivity index (χ3v) is 3.04. The lowest BCUT2D eigenvalue weighted by molar-refractivity contribution is -0.131. The second kappa shape index (κ2) is 3.44. The van der Waals surface area contributed by atoms with Crippen LogP contribution in [0.5, 0.6) is 0 Å². The summed E-state index contributed by atoms with van der Waals surface area (Å²) in [4.78, 5) is 0.0224. The monoisotopic (exact) mass is 234 g/mol. The molecule has 0 amide bonds. The van der Waals surface area contributed by atoms with Crippen LogP contribution in [0.1, 0.15) is 10.3 Å². The summed E-state index contributed by atoms with van der Waals surface area (Å²) in [6.07, 6.45) is -4.41. The van der Waals surface area contributed by atoms with Gasteiger partial charge in [-0.05, 0) is 12.1 Å². The molecular weight excluding hydrogens is 232 g/mol. The van der Waals surface area contributed by atoms with Gasteiger partial charge in [0.25, 0.3) is 0 Å². The molecule has 0 fully saturated rings. The van der Waals surface area contributed by atoms with Crippen molar-refractivity contribution in [1.29, 1.82) is 0 Å². The number of thiophene rings is 1. The van der Waals surface area contributed by atoms with Crippen LogP contribution < -0.4 is 0 Å². The molecule has 68 valence electrons. The molecule has 0 radical (unpaired) electrons. The predicted octanol–water partition coefficient (Wildman–Crippen LogP) is 4.24. The van der Waals surface area contributed by atoms with Crippen LogP contribution in [0.25, 0.3) is 0 Å². The van der Waals surface area contributed by atoms with Crippen LogP contribution in [-0.4, -0.2) is 6.18 Å². The van der Waals surface area contributed by atoms with E-state index in [0.29, 0.717) is 4.34 Å². The van der Waals surface area contributed by atoms with Crippen LogP contribution in [0.4, 0.5) is 13.2 Å². The van der Waals surface area contributed by atoms with E-state index in [0.717, 1.165) is 11.3 Å². The Morgan fingerprint density at radius 2 is 1.92 bits per heavy atom. The van der Waals surface area contributed by atoms with Gasteiger partial charge in [0, 0.05) is 4.88 Å². The molecule has 0 saturated heterocycles. The Labute approximate surface area is 80.9 Å². The highest BCUT2D eigenvalue weighted by Crippen LogP contribution is 2.41. The summed E-state index contributed by atoms with van der Waals surface area (Å²) >= 11 is 11.4. The first-order valence-corrected chi connectivity index (χ1v) is 4.50. The predicted molar refractivity (Wildman–Crippen MR) is 44.0 cm³/mol. The first-order chi connectivity index (χ1) is 5.41. The number of hydrogen-bond acceptors (Lipinski definition) is 1. The molecule has 0 N–H and O–H groups in total. The van der Waals surface area contributed by atoms with Crippen molar-refractivity contribution in [3.8, 4) is 0 Å². The van der Waals surface area contributed by atoms with Gasteiger partial charge in [-0.1, -0.05) is 11.6 Å². The lowest BCUT2D eigenvalue weighted by atomic mass is 10.3. The molecule has 0 bridgehead atoms. The zero-order valence-electron chi connectivity index (χ0n) is 5.53. The fourth-order valence-corrected chi connectivity index (χ4v) is 1.90. The fourth-order valence-electron chi connectivity index (χ4n) is 0.626. The SMILES string of the molecule is FC(F)(F)C(Cl)c1ccc(Cl)s1. The van der Waals surface area contributed by atoms with Gasteiger partial charge >= 0.3 is 6.18 Å². The third-order valence-electron chi connectivity index (χ3n) is 1.13. The van der Waals surface area contributed by atoms with E-state index in [1.165, 1.54) is 12.1 Å². The molecule has 0 aliphatic carbocycles. The molecule has 1 aromatic rings. The molecule has 1 unspecified atom stereocenters. The first-order valence-electron chi connectivity index (χ1n) is 2.87. The molecule has 0 saturated carbocycles. The van der Waals surface area contributed by atoms with Crippen LogP contribution >= 0.6 is 34.5 Å². The molecular formula is C6H3Cl2F3S. The van der Waals surface area contributed by atoms with E-state index >= 15 is 0 Å². The molecule has 1 heterocycles. The Morgan fingerprint density at radius 3 is 2.25 bits per heavy atom. The van der Waals surface area contributed by atoms with Crippen molar-refractivity contribution in [3.05, 3.63) is 21.3 Å². The van der Waals surface area contributed by atoms with E-state index in [-0.39, 0.29) is 4.88 Å². The molecule has 0 spiro atoms. The zero-order valence-corrected chi connectivity index (χ0v) is 7.86. The summed E-state index contributed by atoms with van der Waals surface area (Å²) in [6, 6.07) is 2.67. The normalized spacial score (nSPS) is 14.8. The summed E-state index contributed by atoms with van der Waals surface area (Å²) in [7, 11) is 0. The summed E-state index contributed by atoms with van der Waals surface area (Å²) in [5.74, 6) is 0. The van der Waals surface area contributed by atoms with Gasteiger partial charge in [0.1, 0.15) is 0 Å². The van der Waals surface area contributed by atoms with Crippen molar-refractivity contribution in [2.24, 2.45) is 0 Å². The lowest BCUT2D eigenvalue weighted by Gasteiger charge is -2.10. The molecule has 0 aliphatic heterocycles. The fraction of sp³-hybridized carbons (Fsp3) is 0.333. The van der Waals surface area contributed by atoms with Gasteiger partial charge in [0.15, 0.2) is 5.38 Å². The molecule has 1 rings (SSSR count). The molecule has 0 nitrogen and oxygen atoms in total. The maximum atomic E-state index is 12.0. The largest absolute Gasteiger partial charge is 0.409 e. The van der Waals surface area contributed by atoms with Crippen LogP contribution in [0.15, 0.2) is 12.1 Å². The molecule has 1 aromatic heterocycles. The average molecular weight is 235 g/mol. The van der Waals surface area contributed by atoms with Crippen molar-refractivity contribution in [1.82, 2.24) is 0 Å². The summed E-state index contributed by atoms with van der Waals surface area (Å²) in [6.45, 7) is 0. The van der Waals surface area contributed by atoms with Crippen molar-refractivity contribution in [3.63, 3.8) is 0 Å². The molecule has 0 aliphatic rings. The topological polar surface area (TPSA) is 0 Å². The van der Waals surface area contributed by atoms with E-state index in [2.05, 4.69) is 0 Å². The van der Waals surface area contributed by atoms with E-state index in [9.17, 15) is 13.2 Å². The smallest absolute Gasteiger partial charge is 0.169 e. The average Bonchev–Trinajstić information content (AvgIpc) is 2.32. The number of rotatable bonds is 1. The van der Waals surface area contributed by atoms with Gasteiger partial charge in [0.05, 0.1) is 4.34 Å². The van der Waals surface area contributed by atoms with Crippen molar-refractivity contribution >= 4 is 34.5 Å². The van der Waals surface area contributed by atoms with Crippen molar-refractivity contribution in [2.75, 3.05) is 0 Å². The Kier molecular flexibility index (Phi) is 2.91. The van der Waals surface area contributed by atoms with Gasteiger partial charge in [0.2, 0.25) is 0 Å². The van der Waals surface area contributed by atoms with Gasteiger partial charge in [-0.2, -0.15) is 13.2 Å². The van der Waals surface area contributed by atoms with Crippen molar-refractivity contribution < 1.29 is 13.2 Å². The second-order valence-corrected chi connectivity index (χ2v) is 4.23. The van der Waals surface area contributed by atoms with Crippen molar-refractivity contribution in [2.45, 2.75) is 11.6 Å². The van der Waals surface area contributed by atoms with Gasteiger partial charge in [-0.15, -0.1) is 22.9 Å². The van der Waals surface area contributed by atoms with Crippen LogP contribution in [-0.2, 0) is 0 Å². The van der Waals surface area contributed by atoms with Crippen LogP contribution in [0.2, 0.25) is 4.34 Å². The summed E-state index contributed by atoms with van der Waals surface area (Å²) < 4.78 is 36.2. The first kappa shape index (κ1) is 10.2. The maximum absolute atomic E-state index is 12.0. The number of alkyl halides is 4. The van der Waals surface area contributed by atoms with E-state index < -0.39 is 11.6 Å². The summed E-state index contributed by atoms with van der Waals surface area (Å²) in [5.41, 5.74) is 0. The Morgan fingerprint density at radius 1 is 1.33 bits per heavy atom. The Hall–Kier alpha value is 0.0700. The van der Waals surface area contributed by atoms with Gasteiger partial charge < -0.3 is 0 Å². The minimum atomic E-state index is -4.41. The highest BCUT2D eigenvalue weighted by molar-refractivity contribution is 7.16. The molecule has 12 heavy (non-hydrogen) atoms. The van der Waals surface area contributed by atoms with Gasteiger partial charge in [-0.3, -0.25) is 0 Å². The highest BCUT2D eigenvalue weighted by atomic mass is 35.5. The number of hydrogen-bond donors (Lipinski definition) is 0. The molecule has 0 aromatic carbocycles. The van der Waals surface area contributed by atoms with Crippen LogP contribution in [0.3, 0.4) is 0 Å². The second-order valence-electron chi connectivity index (χ2n) is 2.05. The minimum absolute atomic E-state index is 0.0224. The lowest BCUT2D eigenvalue weighted by Crippen LogP contribution is -2.14. The highest BCUT2D eigenvalue weighted by Gasteiger charge is 2.40.